The van der Waals surface area contributed by atoms with Crippen molar-refractivity contribution in [1.29, 1.82) is 0 Å². The highest BCUT2D eigenvalue weighted by atomic mass is 35.5. The monoisotopic (exact) mass is 346 g/mol. The SMILES string of the molecule is COc1cc2sc(=O)oc2cc1C(=O)/C=C/c1cccc(Cl)c1. The van der Waals surface area contributed by atoms with Crippen LogP contribution in [0.4, 0.5) is 0 Å². The van der Waals surface area contributed by atoms with E-state index in [-0.39, 0.29) is 5.78 Å². The fraction of sp³-hybridized carbons (Fsp3) is 0.0588. The van der Waals surface area contributed by atoms with Gasteiger partial charge in [-0.1, -0.05) is 41.1 Å². The summed E-state index contributed by atoms with van der Waals surface area (Å²) in [7, 11) is 1.47. The number of ether oxygens (including phenoxy) is 1. The van der Waals surface area contributed by atoms with Crippen LogP contribution in [0.25, 0.3) is 16.4 Å². The van der Waals surface area contributed by atoms with Crippen molar-refractivity contribution >= 4 is 45.1 Å². The maximum atomic E-state index is 12.4. The summed E-state index contributed by atoms with van der Waals surface area (Å²) in [6.45, 7) is 0. The Kier molecular flexibility index (Phi) is 4.32. The van der Waals surface area contributed by atoms with E-state index in [4.69, 9.17) is 20.8 Å². The number of hydrogen-bond donors (Lipinski definition) is 0. The molecule has 3 aromatic rings. The Labute approximate surface area is 140 Å². The molecule has 4 nitrogen and oxygen atoms in total. The summed E-state index contributed by atoms with van der Waals surface area (Å²) in [5.41, 5.74) is 1.52. The van der Waals surface area contributed by atoms with Crippen molar-refractivity contribution in [2.75, 3.05) is 7.11 Å². The summed E-state index contributed by atoms with van der Waals surface area (Å²) >= 11 is 6.88. The third-order valence-electron chi connectivity index (χ3n) is 3.19. The fourth-order valence-electron chi connectivity index (χ4n) is 2.13. The van der Waals surface area contributed by atoms with Gasteiger partial charge in [-0.3, -0.25) is 4.79 Å². The number of fused-ring (bicyclic) bond motifs is 1. The van der Waals surface area contributed by atoms with Gasteiger partial charge in [0.25, 0.3) is 0 Å². The van der Waals surface area contributed by atoms with E-state index in [1.807, 2.05) is 6.07 Å². The van der Waals surface area contributed by atoms with Crippen molar-refractivity contribution in [2.45, 2.75) is 0 Å². The molecular formula is C17H11ClO4S. The first kappa shape index (κ1) is 15.5. The first-order valence-corrected chi connectivity index (χ1v) is 7.86. The second kappa shape index (κ2) is 6.40. The van der Waals surface area contributed by atoms with Crippen LogP contribution in [0.3, 0.4) is 0 Å². The molecule has 0 radical (unpaired) electrons. The van der Waals surface area contributed by atoms with Crippen LogP contribution in [0.1, 0.15) is 15.9 Å². The normalized spacial score (nSPS) is 11.2. The zero-order valence-corrected chi connectivity index (χ0v) is 13.6. The molecule has 2 aromatic carbocycles. The van der Waals surface area contributed by atoms with Crippen LogP contribution in [0.2, 0.25) is 5.02 Å². The molecule has 0 spiro atoms. The Morgan fingerprint density at radius 1 is 1.30 bits per heavy atom. The topological polar surface area (TPSA) is 56.5 Å². The summed E-state index contributed by atoms with van der Waals surface area (Å²) < 4.78 is 10.9. The van der Waals surface area contributed by atoms with Crippen molar-refractivity contribution in [3.05, 3.63) is 68.4 Å². The van der Waals surface area contributed by atoms with E-state index in [9.17, 15) is 9.59 Å². The molecule has 0 amide bonds. The number of ketones is 1. The molecule has 1 heterocycles. The lowest BCUT2D eigenvalue weighted by atomic mass is 10.1. The second-order valence-electron chi connectivity index (χ2n) is 4.71. The third-order valence-corrected chi connectivity index (χ3v) is 4.22. The fourth-order valence-corrected chi connectivity index (χ4v) is 3.01. The maximum absolute atomic E-state index is 12.4. The quantitative estimate of drug-likeness (QED) is 0.518. The molecule has 0 fully saturated rings. The van der Waals surface area contributed by atoms with Crippen LogP contribution >= 0.6 is 22.9 Å². The Hall–Kier alpha value is -2.37. The minimum Gasteiger partial charge on any atom is -0.496 e. The van der Waals surface area contributed by atoms with Gasteiger partial charge < -0.3 is 9.15 Å². The first-order chi connectivity index (χ1) is 11.1. The molecule has 0 saturated carbocycles. The van der Waals surface area contributed by atoms with Crippen LogP contribution in [0.5, 0.6) is 5.75 Å². The van der Waals surface area contributed by atoms with E-state index in [1.165, 1.54) is 19.3 Å². The lowest BCUT2D eigenvalue weighted by Gasteiger charge is -2.05. The largest absolute Gasteiger partial charge is 0.496 e. The predicted octanol–water partition coefficient (Wildman–Crippen LogP) is 4.41. The molecule has 0 aliphatic heterocycles. The molecule has 0 saturated heterocycles. The minimum atomic E-state index is -0.416. The Bertz CT molecular complexity index is 968. The molecule has 0 unspecified atom stereocenters. The second-order valence-corrected chi connectivity index (χ2v) is 6.12. The van der Waals surface area contributed by atoms with Crippen LogP contribution in [-0.4, -0.2) is 12.9 Å². The van der Waals surface area contributed by atoms with E-state index in [0.717, 1.165) is 16.9 Å². The Morgan fingerprint density at radius 3 is 2.87 bits per heavy atom. The number of carbonyl (C=O) groups is 1. The number of carbonyl (C=O) groups excluding carboxylic acids is 1. The summed E-state index contributed by atoms with van der Waals surface area (Å²) in [4.78, 5) is 23.3. The van der Waals surface area contributed by atoms with Gasteiger partial charge in [0.05, 0.1) is 17.4 Å². The number of rotatable bonds is 4. The smallest absolute Gasteiger partial charge is 0.396 e. The van der Waals surface area contributed by atoms with Gasteiger partial charge in [-0.2, -0.15) is 0 Å². The van der Waals surface area contributed by atoms with Crippen molar-refractivity contribution < 1.29 is 13.9 Å². The zero-order chi connectivity index (χ0) is 16.4. The Balaban J connectivity index is 1.98. The zero-order valence-electron chi connectivity index (χ0n) is 12.0. The van der Waals surface area contributed by atoms with E-state index >= 15 is 0 Å². The molecule has 0 bridgehead atoms. The minimum absolute atomic E-state index is 0.252. The van der Waals surface area contributed by atoms with Gasteiger partial charge in [0.1, 0.15) is 5.75 Å². The number of hydrogen-bond acceptors (Lipinski definition) is 5. The molecule has 1 aromatic heterocycles. The summed E-state index contributed by atoms with van der Waals surface area (Å²) in [5.74, 6) is 0.146. The standard InChI is InChI=1S/C17H11ClO4S/c1-21-14-9-16-15(22-17(20)23-16)8-12(14)13(19)6-5-10-3-2-4-11(18)7-10/h2-9H,1H3/b6-5+. The number of benzene rings is 2. The van der Waals surface area contributed by atoms with Gasteiger partial charge in [0.2, 0.25) is 0 Å². The molecule has 0 aliphatic carbocycles. The van der Waals surface area contributed by atoms with Gasteiger partial charge in [-0.15, -0.1) is 0 Å². The van der Waals surface area contributed by atoms with Crippen molar-refractivity contribution in [2.24, 2.45) is 0 Å². The first-order valence-electron chi connectivity index (χ1n) is 6.66. The number of allylic oxidation sites excluding steroid dienone is 1. The van der Waals surface area contributed by atoms with Gasteiger partial charge in [-0.05, 0) is 29.8 Å². The van der Waals surface area contributed by atoms with Gasteiger partial charge in [0, 0.05) is 11.1 Å². The summed E-state index contributed by atoms with van der Waals surface area (Å²) in [6.07, 6.45) is 3.10. The highest BCUT2D eigenvalue weighted by Gasteiger charge is 2.14. The molecule has 0 atom stereocenters. The molecule has 6 heteroatoms. The van der Waals surface area contributed by atoms with Crippen LogP contribution in [0.15, 0.2) is 51.7 Å². The number of methoxy groups -OCH3 is 1. The molecular weight excluding hydrogens is 336 g/mol. The summed E-state index contributed by atoms with van der Waals surface area (Å²) in [6, 6.07) is 10.3. The van der Waals surface area contributed by atoms with Crippen molar-refractivity contribution in [1.82, 2.24) is 0 Å². The van der Waals surface area contributed by atoms with Crippen LogP contribution in [0, 0.1) is 0 Å². The maximum Gasteiger partial charge on any atom is 0.396 e. The van der Waals surface area contributed by atoms with Crippen LogP contribution in [-0.2, 0) is 0 Å². The van der Waals surface area contributed by atoms with E-state index in [2.05, 4.69) is 0 Å². The van der Waals surface area contributed by atoms with E-state index in [0.29, 0.717) is 26.6 Å². The molecule has 116 valence electrons. The van der Waals surface area contributed by atoms with Gasteiger partial charge in [-0.25, -0.2) is 4.79 Å². The van der Waals surface area contributed by atoms with Crippen molar-refractivity contribution in [3.63, 3.8) is 0 Å². The highest BCUT2D eigenvalue weighted by Crippen LogP contribution is 2.28. The molecule has 0 aliphatic rings. The summed E-state index contributed by atoms with van der Waals surface area (Å²) in [5, 5.41) is 0.596. The van der Waals surface area contributed by atoms with Crippen LogP contribution < -0.4 is 9.68 Å². The average Bonchev–Trinajstić information content (AvgIpc) is 2.90. The lowest BCUT2D eigenvalue weighted by Crippen LogP contribution is -1.98. The van der Waals surface area contributed by atoms with Crippen molar-refractivity contribution in [3.8, 4) is 5.75 Å². The lowest BCUT2D eigenvalue weighted by molar-refractivity contribution is 0.104. The molecule has 0 N–H and O–H groups in total. The van der Waals surface area contributed by atoms with E-state index in [1.54, 1.807) is 30.3 Å². The average molecular weight is 347 g/mol. The third kappa shape index (κ3) is 3.36. The highest BCUT2D eigenvalue weighted by molar-refractivity contribution is 7.16. The van der Waals surface area contributed by atoms with E-state index < -0.39 is 4.94 Å². The Morgan fingerprint density at radius 2 is 2.13 bits per heavy atom. The van der Waals surface area contributed by atoms with Gasteiger partial charge >= 0.3 is 4.94 Å². The molecule has 23 heavy (non-hydrogen) atoms. The number of halogens is 1. The predicted molar refractivity (Wildman–Crippen MR) is 91.7 cm³/mol. The molecule has 3 rings (SSSR count). The van der Waals surface area contributed by atoms with Gasteiger partial charge in [0.15, 0.2) is 11.4 Å².